The number of benzene rings is 1. The van der Waals surface area contributed by atoms with E-state index in [4.69, 9.17) is 16.7 Å². The number of halogens is 1. The molecule has 0 aromatic heterocycles. The van der Waals surface area contributed by atoms with E-state index >= 15 is 0 Å². The van der Waals surface area contributed by atoms with Gasteiger partial charge in [0.15, 0.2) is 0 Å². The van der Waals surface area contributed by atoms with Crippen molar-refractivity contribution in [2.24, 2.45) is 0 Å². The summed E-state index contributed by atoms with van der Waals surface area (Å²) in [6.07, 6.45) is 0.178. The van der Waals surface area contributed by atoms with Gasteiger partial charge in [0.2, 0.25) is 0 Å². The van der Waals surface area contributed by atoms with Gasteiger partial charge in [0, 0.05) is 15.7 Å². The molecule has 1 aromatic carbocycles. The van der Waals surface area contributed by atoms with Gasteiger partial charge in [-0.2, -0.15) is 0 Å². The molecule has 0 saturated carbocycles. The third-order valence-corrected chi connectivity index (χ3v) is 2.61. The molecule has 0 aliphatic rings. The minimum atomic E-state index is -0.769. The predicted octanol–water partition coefficient (Wildman–Crippen LogP) is 2.91. The first-order valence-electron chi connectivity index (χ1n) is 3.78. The lowest BCUT2D eigenvalue weighted by Gasteiger charge is -1.99. The Hall–Kier alpha value is -0.670. The molecule has 13 heavy (non-hydrogen) atoms. The first-order chi connectivity index (χ1) is 6.18. The van der Waals surface area contributed by atoms with Crippen LogP contribution in [-0.4, -0.2) is 16.8 Å². The number of carboxylic acids is 1. The van der Waals surface area contributed by atoms with E-state index in [2.05, 4.69) is 0 Å². The zero-order valence-corrected chi connectivity index (χ0v) is 8.44. The quantitative estimate of drug-likeness (QED) is 0.787. The Labute approximate surface area is 85.9 Å². The fourth-order valence-electron chi connectivity index (χ4n) is 0.813. The zero-order chi connectivity index (χ0) is 9.68. The van der Waals surface area contributed by atoms with Gasteiger partial charge in [-0.25, -0.2) is 0 Å². The minimum absolute atomic E-state index is 0.178. The molecule has 0 aliphatic carbocycles. The Morgan fingerprint density at radius 1 is 1.54 bits per heavy atom. The van der Waals surface area contributed by atoms with E-state index in [1.54, 1.807) is 6.07 Å². The Morgan fingerprint density at radius 3 is 2.92 bits per heavy atom. The molecular formula is C9H9ClO2S. The van der Waals surface area contributed by atoms with Crippen LogP contribution in [0.3, 0.4) is 0 Å². The second-order valence-electron chi connectivity index (χ2n) is 2.45. The molecule has 0 unspecified atom stereocenters. The summed E-state index contributed by atoms with van der Waals surface area (Å²) in [6, 6.07) is 7.39. The Bertz CT molecular complexity index is 301. The molecule has 0 aliphatic heterocycles. The van der Waals surface area contributed by atoms with Crippen LogP contribution >= 0.6 is 23.4 Å². The van der Waals surface area contributed by atoms with E-state index in [0.717, 1.165) is 4.90 Å². The molecule has 0 radical (unpaired) electrons. The third kappa shape index (κ3) is 4.20. The maximum absolute atomic E-state index is 10.2. The summed E-state index contributed by atoms with van der Waals surface area (Å²) in [5, 5.41) is 9.09. The molecule has 0 spiro atoms. The smallest absolute Gasteiger partial charge is 0.304 e. The Balaban J connectivity index is 2.41. The molecule has 0 saturated heterocycles. The highest BCUT2D eigenvalue weighted by Gasteiger charge is 1.98. The van der Waals surface area contributed by atoms with Crippen LogP contribution in [0.25, 0.3) is 0 Å². The van der Waals surface area contributed by atoms with E-state index in [0.29, 0.717) is 10.8 Å². The maximum atomic E-state index is 10.2. The van der Waals surface area contributed by atoms with Crippen molar-refractivity contribution in [1.29, 1.82) is 0 Å². The molecule has 1 aromatic rings. The molecule has 1 N–H and O–H groups in total. The molecule has 4 heteroatoms. The minimum Gasteiger partial charge on any atom is -0.481 e. The summed E-state index contributed by atoms with van der Waals surface area (Å²) >= 11 is 7.25. The van der Waals surface area contributed by atoms with E-state index in [9.17, 15) is 4.79 Å². The number of hydrogen-bond acceptors (Lipinski definition) is 2. The standard InChI is InChI=1S/C9H9ClO2S/c10-7-2-1-3-8(6-7)13-5-4-9(11)12/h1-3,6H,4-5H2,(H,11,12). The maximum Gasteiger partial charge on any atom is 0.304 e. The van der Waals surface area contributed by atoms with Crippen molar-refractivity contribution in [2.45, 2.75) is 11.3 Å². The summed E-state index contributed by atoms with van der Waals surface area (Å²) < 4.78 is 0. The average molecular weight is 217 g/mol. The van der Waals surface area contributed by atoms with Crippen LogP contribution in [0.5, 0.6) is 0 Å². The number of hydrogen-bond donors (Lipinski definition) is 1. The van der Waals surface area contributed by atoms with Crippen LogP contribution in [0.2, 0.25) is 5.02 Å². The van der Waals surface area contributed by atoms with Crippen molar-refractivity contribution in [1.82, 2.24) is 0 Å². The second kappa shape index (κ2) is 5.14. The van der Waals surface area contributed by atoms with Crippen molar-refractivity contribution < 1.29 is 9.90 Å². The van der Waals surface area contributed by atoms with E-state index in [-0.39, 0.29) is 6.42 Å². The van der Waals surface area contributed by atoms with Gasteiger partial charge in [0.1, 0.15) is 0 Å². The largest absolute Gasteiger partial charge is 0.481 e. The molecule has 0 fully saturated rings. The molecule has 0 bridgehead atoms. The fraction of sp³-hybridized carbons (Fsp3) is 0.222. The van der Waals surface area contributed by atoms with E-state index in [1.807, 2.05) is 18.2 Å². The van der Waals surface area contributed by atoms with Crippen molar-refractivity contribution in [2.75, 3.05) is 5.75 Å². The van der Waals surface area contributed by atoms with E-state index in [1.165, 1.54) is 11.8 Å². The van der Waals surface area contributed by atoms with Gasteiger partial charge < -0.3 is 5.11 Å². The fourth-order valence-corrected chi connectivity index (χ4v) is 1.97. The van der Waals surface area contributed by atoms with Gasteiger partial charge in [-0.3, -0.25) is 4.79 Å². The van der Waals surface area contributed by atoms with Crippen molar-refractivity contribution in [3.63, 3.8) is 0 Å². The number of thioether (sulfide) groups is 1. The highest BCUT2D eigenvalue weighted by Crippen LogP contribution is 2.21. The number of carboxylic acid groups (broad SMARTS) is 1. The van der Waals surface area contributed by atoms with Gasteiger partial charge >= 0.3 is 5.97 Å². The molecule has 0 atom stereocenters. The van der Waals surface area contributed by atoms with Gasteiger partial charge in [-0.15, -0.1) is 11.8 Å². The monoisotopic (exact) mass is 216 g/mol. The predicted molar refractivity (Wildman–Crippen MR) is 54.4 cm³/mol. The van der Waals surface area contributed by atoms with Gasteiger partial charge in [-0.1, -0.05) is 17.7 Å². The number of carbonyl (C=O) groups is 1. The lowest BCUT2D eigenvalue weighted by Crippen LogP contribution is -1.95. The molecule has 70 valence electrons. The normalized spacial score (nSPS) is 9.92. The lowest BCUT2D eigenvalue weighted by atomic mass is 10.4. The summed E-state index contributed by atoms with van der Waals surface area (Å²) in [5.74, 6) is -0.190. The van der Waals surface area contributed by atoms with Crippen molar-refractivity contribution in [3.8, 4) is 0 Å². The summed E-state index contributed by atoms with van der Waals surface area (Å²) in [6.45, 7) is 0. The van der Waals surface area contributed by atoms with Crippen LogP contribution in [0.4, 0.5) is 0 Å². The summed E-state index contributed by atoms with van der Waals surface area (Å²) in [4.78, 5) is 11.2. The summed E-state index contributed by atoms with van der Waals surface area (Å²) in [7, 11) is 0. The highest BCUT2D eigenvalue weighted by atomic mass is 35.5. The SMILES string of the molecule is O=C(O)CCSc1cccc(Cl)c1. The average Bonchev–Trinajstić information content (AvgIpc) is 2.03. The number of aliphatic carboxylic acids is 1. The van der Waals surface area contributed by atoms with Crippen LogP contribution in [0.15, 0.2) is 29.2 Å². The van der Waals surface area contributed by atoms with Crippen LogP contribution in [-0.2, 0) is 4.79 Å². The van der Waals surface area contributed by atoms with Gasteiger partial charge in [-0.05, 0) is 18.2 Å². The highest BCUT2D eigenvalue weighted by molar-refractivity contribution is 7.99. The summed E-state index contributed by atoms with van der Waals surface area (Å²) in [5.41, 5.74) is 0. The molecule has 2 nitrogen and oxygen atoms in total. The van der Waals surface area contributed by atoms with Crippen LogP contribution < -0.4 is 0 Å². The van der Waals surface area contributed by atoms with Crippen LogP contribution in [0.1, 0.15) is 6.42 Å². The molecule has 0 amide bonds. The first-order valence-corrected chi connectivity index (χ1v) is 5.15. The molecule has 0 heterocycles. The lowest BCUT2D eigenvalue weighted by molar-refractivity contribution is -0.136. The number of rotatable bonds is 4. The first kappa shape index (κ1) is 10.4. The Kier molecular flexibility index (Phi) is 4.12. The zero-order valence-electron chi connectivity index (χ0n) is 6.87. The van der Waals surface area contributed by atoms with Crippen LogP contribution in [0, 0.1) is 0 Å². The van der Waals surface area contributed by atoms with Crippen molar-refractivity contribution in [3.05, 3.63) is 29.3 Å². The second-order valence-corrected chi connectivity index (χ2v) is 4.05. The topological polar surface area (TPSA) is 37.3 Å². The van der Waals surface area contributed by atoms with Crippen molar-refractivity contribution >= 4 is 29.3 Å². The molecular weight excluding hydrogens is 208 g/mol. The van der Waals surface area contributed by atoms with Gasteiger partial charge in [0.05, 0.1) is 6.42 Å². The van der Waals surface area contributed by atoms with Gasteiger partial charge in [0.25, 0.3) is 0 Å². The Morgan fingerprint density at radius 2 is 2.31 bits per heavy atom. The molecule has 1 rings (SSSR count). The third-order valence-electron chi connectivity index (χ3n) is 1.38. The van der Waals surface area contributed by atoms with E-state index < -0.39 is 5.97 Å².